The van der Waals surface area contributed by atoms with E-state index in [0.29, 0.717) is 0 Å². The molecule has 0 amide bonds. The number of benzene rings is 1. The third kappa shape index (κ3) is 2.60. The summed E-state index contributed by atoms with van der Waals surface area (Å²) in [5, 5.41) is 43.6. The summed E-state index contributed by atoms with van der Waals surface area (Å²) < 4.78 is 1.84. The monoisotopic (exact) mass is 394 g/mol. The molecule has 6 nitrogen and oxygen atoms in total. The van der Waals surface area contributed by atoms with Crippen LogP contribution >= 0.6 is 0 Å². The van der Waals surface area contributed by atoms with Crippen molar-refractivity contribution in [2.24, 2.45) is 17.3 Å². The van der Waals surface area contributed by atoms with Crippen molar-refractivity contribution in [1.82, 2.24) is 9.78 Å². The maximum atomic E-state index is 10.2. The highest BCUT2D eigenvalue weighted by atomic mass is 15.3. The van der Waals surface area contributed by atoms with Gasteiger partial charge in [-0.15, -0.1) is 0 Å². The lowest BCUT2D eigenvalue weighted by atomic mass is 9.53. The number of aryl methyl sites for hydroxylation is 1. The fourth-order valence-electron chi connectivity index (χ4n) is 5.25. The number of rotatable bonds is 2. The average molecular weight is 394 g/mol. The van der Waals surface area contributed by atoms with Gasteiger partial charge in [0.25, 0.3) is 0 Å². The summed E-state index contributed by atoms with van der Waals surface area (Å²) in [6.45, 7) is 3.85. The summed E-state index contributed by atoms with van der Waals surface area (Å²) in [4.78, 5) is 0. The van der Waals surface area contributed by atoms with Crippen LogP contribution in [0.2, 0.25) is 0 Å². The van der Waals surface area contributed by atoms with Crippen LogP contribution in [0.4, 0.5) is 0 Å². The van der Waals surface area contributed by atoms with Crippen molar-refractivity contribution in [2.45, 2.75) is 39.0 Å². The largest absolute Gasteiger partial charge is 0.305 e. The molecule has 0 unspecified atom stereocenters. The molecule has 0 spiro atoms. The molecule has 2 aliphatic rings. The molecule has 0 radical (unpaired) electrons. The van der Waals surface area contributed by atoms with Crippen LogP contribution in [0.3, 0.4) is 0 Å². The minimum absolute atomic E-state index is 0.101. The number of fused-ring (bicyclic) bond motifs is 1. The summed E-state index contributed by atoms with van der Waals surface area (Å²) in [5.41, 5.74) is 2.49. The first-order chi connectivity index (χ1) is 14.5. The Kier molecular flexibility index (Phi) is 4.76. The number of para-hydroxylation sites is 1. The molecule has 1 aromatic carbocycles. The molecule has 1 saturated carbocycles. The second-order valence-electron chi connectivity index (χ2n) is 8.06. The lowest BCUT2D eigenvalue weighted by Crippen LogP contribution is -2.49. The van der Waals surface area contributed by atoms with Crippen molar-refractivity contribution in [3.05, 3.63) is 58.9 Å². The maximum Gasteiger partial charge on any atom is 0.189 e. The molecule has 4 rings (SSSR count). The summed E-state index contributed by atoms with van der Waals surface area (Å²) in [5.74, 6) is -1.45. The van der Waals surface area contributed by atoms with E-state index in [1.54, 1.807) is 0 Å². The van der Waals surface area contributed by atoms with Gasteiger partial charge in [-0.05, 0) is 56.7 Å². The Morgan fingerprint density at radius 3 is 2.47 bits per heavy atom. The summed E-state index contributed by atoms with van der Waals surface area (Å²) in [7, 11) is 0. The van der Waals surface area contributed by atoms with Crippen LogP contribution in [-0.4, -0.2) is 15.5 Å². The van der Waals surface area contributed by atoms with Gasteiger partial charge in [0.2, 0.25) is 0 Å². The van der Waals surface area contributed by atoms with Gasteiger partial charge < -0.3 is 5.41 Å². The highest BCUT2D eigenvalue weighted by Crippen LogP contribution is 2.56. The number of nitrogens with one attached hydrogen (secondary N) is 1. The van der Waals surface area contributed by atoms with Crippen LogP contribution in [0.15, 0.2) is 42.0 Å². The van der Waals surface area contributed by atoms with E-state index in [4.69, 9.17) is 10.5 Å². The first-order valence-electron chi connectivity index (χ1n) is 10.1. The van der Waals surface area contributed by atoms with E-state index < -0.39 is 17.3 Å². The van der Waals surface area contributed by atoms with E-state index >= 15 is 0 Å². The van der Waals surface area contributed by atoms with Gasteiger partial charge in [-0.2, -0.15) is 20.9 Å². The smallest absolute Gasteiger partial charge is 0.189 e. The predicted octanol–water partition coefficient (Wildman–Crippen LogP) is 4.51. The number of hydrogen-bond acceptors (Lipinski definition) is 5. The van der Waals surface area contributed by atoms with E-state index in [1.165, 1.54) is 0 Å². The van der Waals surface area contributed by atoms with Crippen molar-refractivity contribution >= 4 is 5.71 Å². The lowest BCUT2D eigenvalue weighted by molar-refractivity contribution is 0.318. The molecule has 1 aromatic heterocycles. The van der Waals surface area contributed by atoms with Crippen molar-refractivity contribution in [3.8, 4) is 23.9 Å². The Labute approximate surface area is 176 Å². The second kappa shape index (κ2) is 7.29. The lowest BCUT2D eigenvalue weighted by Gasteiger charge is -2.45. The van der Waals surface area contributed by atoms with Gasteiger partial charge in [0.1, 0.15) is 5.92 Å². The second-order valence-corrected chi connectivity index (χ2v) is 8.06. The Morgan fingerprint density at radius 1 is 1.13 bits per heavy atom. The number of aromatic nitrogens is 2. The van der Waals surface area contributed by atoms with Gasteiger partial charge in [0, 0.05) is 17.2 Å². The van der Waals surface area contributed by atoms with E-state index in [1.807, 2.05) is 48.9 Å². The predicted molar refractivity (Wildman–Crippen MR) is 112 cm³/mol. The van der Waals surface area contributed by atoms with Gasteiger partial charge in [0.15, 0.2) is 5.41 Å². The summed E-state index contributed by atoms with van der Waals surface area (Å²) in [6.07, 6.45) is 4.64. The molecule has 1 heterocycles. The third-order valence-electron chi connectivity index (χ3n) is 6.58. The Hall–Kier alpha value is -3.69. The van der Waals surface area contributed by atoms with Crippen molar-refractivity contribution in [3.63, 3.8) is 0 Å². The molecule has 0 bridgehead atoms. The number of nitriles is 3. The van der Waals surface area contributed by atoms with Crippen molar-refractivity contribution in [2.75, 3.05) is 0 Å². The van der Waals surface area contributed by atoms with Gasteiger partial charge in [0.05, 0.1) is 35.3 Å². The zero-order chi connectivity index (χ0) is 21.5. The SMILES string of the molecule is Cc1nn(-c2ccccc2)c(C)c1[C@@H]1[C@H]2CCCC=C2[C@H](C#N)C(=N)C1(C#N)C#N. The van der Waals surface area contributed by atoms with Crippen molar-refractivity contribution in [1.29, 1.82) is 21.2 Å². The Balaban J connectivity index is 1.98. The van der Waals surface area contributed by atoms with E-state index in [0.717, 1.165) is 47.5 Å². The molecule has 1 fully saturated rings. The highest BCUT2D eigenvalue weighted by molar-refractivity contribution is 6.00. The minimum atomic E-state index is -1.68. The van der Waals surface area contributed by atoms with Gasteiger partial charge in [-0.3, -0.25) is 0 Å². The van der Waals surface area contributed by atoms with Crippen LogP contribution in [0, 0.1) is 70.5 Å². The van der Waals surface area contributed by atoms with Crippen LogP contribution in [-0.2, 0) is 0 Å². The normalized spacial score (nSPS) is 24.7. The maximum absolute atomic E-state index is 10.2. The number of hydrogen-bond donors (Lipinski definition) is 1. The molecular weight excluding hydrogens is 372 g/mol. The zero-order valence-electron chi connectivity index (χ0n) is 17.1. The molecule has 1 N–H and O–H groups in total. The van der Waals surface area contributed by atoms with E-state index in [2.05, 4.69) is 24.3 Å². The molecule has 3 atom stereocenters. The van der Waals surface area contributed by atoms with Gasteiger partial charge in [-0.1, -0.05) is 24.3 Å². The van der Waals surface area contributed by atoms with E-state index in [-0.39, 0.29) is 11.6 Å². The third-order valence-corrected chi connectivity index (χ3v) is 6.58. The fourth-order valence-corrected chi connectivity index (χ4v) is 5.25. The molecular formula is C24H22N6. The fraction of sp³-hybridized carbons (Fsp3) is 0.375. The Morgan fingerprint density at radius 2 is 1.83 bits per heavy atom. The molecule has 2 aromatic rings. The molecule has 148 valence electrons. The topological polar surface area (TPSA) is 113 Å². The van der Waals surface area contributed by atoms with Crippen LogP contribution in [0.1, 0.15) is 42.1 Å². The first-order valence-corrected chi connectivity index (χ1v) is 10.1. The molecule has 2 aliphatic carbocycles. The number of nitrogens with zero attached hydrogens (tertiary/aromatic N) is 5. The first kappa shape index (κ1) is 19.6. The highest BCUT2D eigenvalue weighted by Gasteiger charge is 2.58. The minimum Gasteiger partial charge on any atom is -0.305 e. The Bertz CT molecular complexity index is 1150. The number of allylic oxidation sites excluding steroid dienone is 2. The van der Waals surface area contributed by atoms with Gasteiger partial charge >= 0.3 is 0 Å². The summed E-state index contributed by atoms with van der Waals surface area (Å²) in [6, 6.07) is 16.3. The van der Waals surface area contributed by atoms with Crippen LogP contribution in [0.5, 0.6) is 0 Å². The van der Waals surface area contributed by atoms with Crippen LogP contribution < -0.4 is 0 Å². The molecule has 0 aliphatic heterocycles. The quantitative estimate of drug-likeness (QED) is 0.755. The van der Waals surface area contributed by atoms with Crippen molar-refractivity contribution < 1.29 is 0 Å². The zero-order valence-corrected chi connectivity index (χ0v) is 17.1. The van der Waals surface area contributed by atoms with Crippen LogP contribution in [0.25, 0.3) is 5.69 Å². The van der Waals surface area contributed by atoms with E-state index in [9.17, 15) is 15.8 Å². The standard InChI is InChI=1S/C24H22N6/c1-15-21(16(2)30(29-15)17-8-4-3-5-9-17)22-19-11-7-6-10-18(19)20(12-25)23(28)24(22,13-26)14-27/h3-5,8-10,19-20,22,28H,6-7,11H2,1-2H3/t19-,20-,22-/m0/s1. The van der Waals surface area contributed by atoms with Gasteiger partial charge in [-0.25, -0.2) is 4.68 Å². The molecule has 30 heavy (non-hydrogen) atoms. The summed E-state index contributed by atoms with van der Waals surface area (Å²) >= 11 is 0. The molecule has 6 heteroatoms. The average Bonchev–Trinajstić information content (AvgIpc) is 3.07. The molecule has 0 saturated heterocycles.